The van der Waals surface area contributed by atoms with Crippen molar-refractivity contribution in [3.63, 3.8) is 0 Å². The van der Waals surface area contributed by atoms with Crippen molar-refractivity contribution in [2.24, 2.45) is 5.73 Å². The molecule has 5 N–H and O–H groups in total. The number of carbonyl (C=O) groups excluding carboxylic acids is 1. The average molecular weight is 411 g/mol. The molecule has 24 heavy (non-hydrogen) atoms. The van der Waals surface area contributed by atoms with Gasteiger partial charge in [0.25, 0.3) is 5.91 Å². The number of fused-ring (bicyclic) bond motifs is 1. The molecule has 2 aromatic rings. The van der Waals surface area contributed by atoms with Crippen LogP contribution in [0.5, 0.6) is 0 Å². The molecule has 0 aromatic heterocycles. The molecule has 1 atom stereocenters. The fourth-order valence-corrected chi connectivity index (χ4v) is 2.86. The lowest BCUT2D eigenvalue weighted by molar-refractivity contribution is -0.117. The molecular weight excluding hydrogens is 394 g/mol. The van der Waals surface area contributed by atoms with Gasteiger partial charge in [-0.3, -0.25) is 10.2 Å². The van der Waals surface area contributed by atoms with Gasteiger partial charge in [0.05, 0.1) is 11.4 Å². The molecule has 2 aromatic carbocycles. The lowest BCUT2D eigenvalue weighted by Crippen LogP contribution is -2.50. The predicted octanol–water partition coefficient (Wildman–Crippen LogP) is 2.98. The third kappa shape index (κ3) is 3.47. The first-order valence-electron chi connectivity index (χ1n) is 7.00. The first kappa shape index (κ1) is 18.1. The number of amides is 1. The second kappa shape index (κ2) is 7.11. The fraction of sp³-hybridized carbons (Fsp3) is 0.125. The molecule has 0 saturated heterocycles. The topological polar surface area (TPSA) is 94.2 Å². The van der Waals surface area contributed by atoms with Gasteiger partial charge < -0.3 is 21.3 Å². The van der Waals surface area contributed by atoms with Crippen LogP contribution in [-0.4, -0.2) is 25.0 Å². The molecule has 1 aliphatic heterocycles. The number of hydrogen-bond donors (Lipinski definition) is 4. The highest BCUT2D eigenvalue weighted by atomic mass is 79.9. The largest absolute Gasteiger partial charge is 0.384 e. The fourth-order valence-electron chi connectivity index (χ4n) is 2.50. The Hall–Kier alpha value is -2.25. The minimum Gasteiger partial charge on any atom is -0.384 e. The summed E-state index contributed by atoms with van der Waals surface area (Å²) < 4.78 is 0.913. The summed E-state index contributed by atoms with van der Waals surface area (Å²) in [4.78, 5) is 14.3. The van der Waals surface area contributed by atoms with Crippen molar-refractivity contribution in [3.8, 4) is 0 Å². The van der Waals surface area contributed by atoms with Crippen LogP contribution < -0.4 is 21.3 Å². The first-order valence-corrected chi connectivity index (χ1v) is 7.79. The molecular formula is C16H17BrClN5O. The van der Waals surface area contributed by atoms with Crippen molar-refractivity contribution in [1.82, 2.24) is 0 Å². The SMILES string of the molecule is CN1c2ccc(Br)cc2NC(=O)C1Nc1ccc(C(=N)N)cc1.Cl. The lowest BCUT2D eigenvalue weighted by Gasteiger charge is -2.36. The Kier molecular flexibility index (Phi) is 5.36. The van der Waals surface area contributed by atoms with Crippen molar-refractivity contribution >= 4 is 57.1 Å². The third-order valence-electron chi connectivity index (χ3n) is 3.73. The maximum atomic E-state index is 12.4. The summed E-state index contributed by atoms with van der Waals surface area (Å²) in [6.07, 6.45) is -0.521. The highest BCUT2D eigenvalue weighted by Crippen LogP contribution is 2.33. The molecule has 0 saturated carbocycles. The number of nitrogens with zero attached hydrogens (tertiary/aromatic N) is 1. The number of likely N-dealkylation sites (N-methyl/N-ethyl adjacent to an activating group) is 1. The molecule has 1 amide bonds. The number of rotatable bonds is 3. The van der Waals surface area contributed by atoms with Crippen LogP contribution in [0.4, 0.5) is 17.1 Å². The van der Waals surface area contributed by atoms with E-state index >= 15 is 0 Å². The zero-order valence-electron chi connectivity index (χ0n) is 12.8. The highest BCUT2D eigenvalue weighted by Gasteiger charge is 2.30. The van der Waals surface area contributed by atoms with Gasteiger partial charge in [-0.05, 0) is 42.5 Å². The van der Waals surface area contributed by atoms with Crippen LogP contribution in [0.25, 0.3) is 0 Å². The van der Waals surface area contributed by atoms with Gasteiger partial charge in [0, 0.05) is 22.8 Å². The van der Waals surface area contributed by atoms with Crippen LogP contribution in [0, 0.1) is 5.41 Å². The number of hydrogen-bond acceptors (Lipinski definition) is 4. The molecule has 126 valence electrons. The molecule has 3 rings (SSSR count). The second-order valence-electron chi connectivity index (χ2n) is 5.30. The molecule has 0 fully saturated rings. The summed E-state index contributed by atoms with van der Waals surface area (Å²) in [5.74, 6) is -0.114. The van der Waals surface area contributed by atoms with Crippen LogP contribution >= 0.6 is 28.3 Å². The molecule has 8 heteroatoms. The van der Waals surface area contributed by atoms with E-state index in [2.05, 4.69) is 26.6 Å². The summed E-state index contributed by atoms with van der Waals surface area (Å²) in [5.41, 5.74) is 8.58. The number of benzene rings is 2. The number of halogens is 2. The lowest BCUT2D eigenvalue weighted by atomic mass is 10.1. The Morgan fingerprint density at radius 3 is 2.58 bits per heavy atom. The molecule has 0 aliphatic carbocycles. The van der Waals surface area contributed by atoms with Crippen LogP contribution in [0.15, 0.2) is 46.9 Å². The van der Waals surface area contributed by atoms with E-state index in [4.69, 9.17) is 11.1 Å². The molecule has 0 radical (unpaired) electrons. The van der Waals surface area contributed by atoms with Gasteiger partial charge in [-0.2, -0.15) is 0 Å². The molecule has 0 spiro atoms. The minimum atomic E-state index is -0.521. The molecule has 6 nitrogen and oxygen atoms in total. The minimum absolute atomic E-state index is 0. The normalized spacial score (nSPS) is 15.8. The number of anilines is 3. The van der Waals surface area contributed by atoms with Gasteiger partial charge in [0.1, 0.15) is 5.84 Å². The van der Waals surface area contributed by atoms with Crippen molar-refractivity contribution in [3.05, 3.63) is 52.5 Å². The average Bonchev–Trinajstić information content (AvgIpc) is 2.51. The zero-order valence-corrected chi connectivity index (χ0v) is 15.2. The second-order valence-corrected chi connectivity index (χ2v) is 6.22. The Labute approximate surface area is 154 Å². The van der Waals surface area contributed by atoms with Crippen LogP contribution in [0.1, 0.15) is 5.56 Å². The summed E-state index contributed by atoms with van der Waals surface area (Å²) in [6.45, 7) is 0. The van der Waals surface area contributed by atoms with Gasteiger partial charge in [0.15, 0.2) is 6.17 Å². The predicted molar refractivity (Wildman–Crippen MR) is 103 cm³/mol. The van der Waals surface area contributed by atoms with Gasteiger partial charge in [0.2, 0.25) is 0 Å². The Bertz CT molecular complexity index is 781. The third-order valence-corrected chi connectivity index (χ3v) is 4.22. The van der Waals surface area contributed by atoms with Crippen LogP contribution in [-0.2, 0) is 4.79 Å². The van der Waals surface area contributed by atoms with E-state index in [9.17, 15) is 4.79 Å². The van der Waals surface area contributed by atoms with E-state index in [0.29, 0.717) is 5.56 Å². The van der Waals surface area contributed by atoms with E-state index in [1.807, 2.05) is 30.1 Å². The smallest absolute Gasteiger partial charge is 0.267 e. The van der Waals surface area contributed by atoms with Crippen LogP contribution in [0.2, 0.25) is 0 Å². The highest BCUT2D eigenvalue weighted by molar-refractivity contribution is 9.10. The first-order chi connectivity index (χ1) is 11.0. The maximum Gasteiger partial charge on any atom is 0.267 e. The summed E-state index contributed by atoms with van der Waals surface area (Å²) >= 11 is 3.40. The van der Waals surface area contributed by atoms with Crippen LogP contribution in [0.3, 0.4) is 0 Å². The monoisotopic (exact) mass is 409 g/mol. The van der Waals surface area contributed by atoms with Crippen molar-refractivity contribution < 1.29 is 4.79 Å². The number of nitrogens with one attached hydrogen (secondary N) is 3. The van der Waals surface area contributed by atoms with Crippen molar-refractivity contribution in [1.29, 1.82) is 5.41 Å². The van der Waals surface area contributed by atoms with E-state index in [-0.39, 0.29) is 24.1 Å². The van der Waals surface area contributed by atoms with Crippen molar-refractivity contribution in [2.45, 2.75) is 6.17 Å². The summed E-state index contributed by atoms with van der Waals surface area (Å²) in [7, 11) is 1.87. The Morgan fingerprint density at radius 1 is 1.29 bits per heavy atom. The number of amidine groups is 1. The molecule has 1 heterocycles. The van der Waals surface area contributed by atoms with Gasteiger partial charge >= 0.3 is 0 Å². The Balaban J connectivity index is 0.00000208. The number of carbonyl (C=O) groups is 1. The van der Waals surface area contributed by atoms with E-state index in [0.717, 1.165) is 21.5 Å². The maximum absolute atomic E-state index is 12.4. The van der Waals surface area contributed by atoms with E-state index in [1.54, 1.807) is 24.3 Å². The van der Waals surface area contributed by atoms with Gasteiger partial charge in [-0.1, -0.05) is 15.9 Å². The van der Waals surface area contributed by atoms with Gasteiger partial charge in [-0.25, -0.2) is 0 Å². The van der Waals surface area contributed by atoms with E-state index < -0.39 is 6.17 Å². The number of nitrogen functional groups attached to an aromatic ring is 1. The summed E-state index contributed by atoms with van der Waals surface area (Å²) in [6, 6.07) is 12.9. The van der Waals surface area contributed by atoms with Crippen molar-refractivity contribution in [2.75, 3.05) is 22.6 Å². The Morgan fingerprint density at radius 2 is 1.96 bits per heavy atom. The standard InChI is InChI=1S/C16H16BrN5O.ClH/c1-22-13-7-4-10(17)8-12(13)21-16(23)15(22)20-11-5-2-9(3-6-11)14(18)19;/h2-8,15,20H,1H3,(H3,18,19)(H,21,23);1H. The molecule has 1 unspecified atom stereocenters. The quantitative estimate of drug-likeness (QED) is 0.462. The summed E-state index contributed by atoms with van der Waals surface area (Å²) in [5, 5.41) is 13.5. The molecule has 1 aliphatic rings. The molecule has 0 bridgehead atoms. The number of nitrogens with two attached hydrogens (primary N) is 1. The zero-order chi connectivity index (χ0) is 16.6. The van der Waals surface area contributed by atoms with Gasteiger partial charge in [-0.15, -0.1) is 12.4 Å². The van der Waals surface area contributed by atoms with E-state index in [1.165, 1.54) is 0 Å².